The first-order chi connectivity index (χ1) is 23.3. The number of imidazole rings is 1. The van der Waals surface area contributed by atoms with Gasteiger partial charge in [-0.15, -0.1) is 9.13 Å². The van der Waals surface area contributed by atoms with E-state index >= 15 is 0 Å². The second-order valence-electron chi connectivity index (χ2n) is 13.1. The fourth-order valence-corrected chi connectivity index (χ4v) is 9.51. The van der Waals surface area contributed by atoms with Gasteiger partial charge in [-0.3, -0.25) is 4.40 Å². The second-order valence-corrected chi connectivity index (χ2v) is 13.1. The molecule has 214 valence electrons. The fourth-order valence-electron chi connectivity index (χ4n) is 9.51. The lowest BCUT2D eigenvalue weighted by Gasteiger charge is -2.25. The van der Waals surface area contributed by atoms with E-state index in [1.165, 1.54) is 76.5 Å². The molecule has 7 heterocycles. The maximum atomic E-state index is 6.77. The Kier molecular flexibility index (Phi) is 3.62. The van der Waals surface area contributed by atoms with Gasteiger partial charge in [0.25, 0.3) is 0 Å². The predicted octanol–water partition coefficient (Wildman–Crippen LogP) is 8.53. The second kappa shape index (κ2) is 7.38. The van der Waals surface area contributed by atoms with E-state index in [1.54, 1.807) is 0 Å². The first-order valence-electron chi connectivity index (χ1n) is 16.1. The molecule has 5 nitrogen and oxygen atoms in total. The van der Waals surface area contributed by atoms with Crippen LogP contribution in [0.1, 0.15) is 11.1 Å². The van der Waals surface area contributed by atoms with Gasteiger partial charge >= 0.3 is 5.66 Å². The van der Waals surface area contributed by atoms with E-state index in [0.29, 0.717) is 0 Å². The van der Waals surface area contributed by atoms with Crippen molar-refractivity contribution in [1.82, 2.24) is 9.38 Å². The molecule has 3 aliphatic rings. The van der Waals surface area contributed by atoms with E-state index < -0.39 is 5.66 Å². The van der Waals surface area contributed by atoms with Crippen LogP contribution >= 0.6 is 0 Å². The lowest BCUT2D eigenvalue weighted by molar-refractivity contribution is -0.950. The monoisotopic (exact) mass is 598 g/mol. The molecule has 1 spiro atoms. The number of para-hydroxylation sites is 1. The highest BCUT2D eigenvalue weighted by Gasteiger charge is 2.70. The molecule has 0 bridgehead atoms. The molecule has 0 N–H and O–H groups in total. The van der Waals surface area contributed by atoms with Gasteiger partial charge < -0.3 is 4.74 Å². The maximum Gasteiger partial charge on any atom is 0.425 e. The molecule has 5 heteroatoms. The van der Waals surface area contributed by atoms with Crippen LogP contribution < -0.4 is 13.9 Å². The van der Waals surface area contributed by atoms with E-state index in [1.807, 2.05) is 0 Å². The third-order valence-electron chi connectivity index (χ3n) is 11.2. The minimum atomic E-state index is -0.571. The number of hydrogen-bond donors (Lipinski definition) is 0. The summed E-state index contributed by atoms with van der Waals surface area (Å²) in [4.78, 5) is 5.35. The summed E-state index contributed by atoms with van der Waals surface area (Å²) in [6.07, 6.45) is 4.51. The van der Waals surface area contributed by atoms with Crippen LogP contribution in [-0.2, 0) is 5.66 Å². The normalized spacial score (nSPS) is 16.8. The Labute approximate surface area is 266 Å². The maximum absolute atomic E-state index is 6.77. The van der Waals surface area contributed by atoms with Crippen molar-refractivity contribution >= 4 is 70.8 Å². The summed E-state index contributed by atoms with van der Waals surface area (Å²) < 4.78 is 14.1. The zero-order chi connectivity index (χ0) is 30.2. The largest absolute Gasteiger partial charge is 0.456 e. The molecule has 6 aromatic carbocycles. The van der Waals surface area contributed by atoms with Crippen molar-refractivity contribution in [3.8, 4) is 22.8 Å². The Morgan fingerprint density at radius 2 is 1.34 bits per heavy atom. The molecule has 0 fully saturated rings. The molecule has 0 aliphatic carbocycles. The van der Waals surface area contributed by atoms with Crippen LogP contribution in [-0.4, -0.2) is 9.38 Å². The van der Waals surface area contributed by atoms with Gasteiger partial charge in [0, 0.05) is 29.0 Å². The van der Waals surface area contributed by atoms with Crippen LogP contribution in [0.5, 0.6) is 11.5 Å². The van der Waals surface area contributed by atoms with Crippen LogP contribution in [0, 0.1) is 0 Å². The fraction of sp³-hybridized carbons (Fsp3) is 0.0238. The molecule has 0 saturated heterocycles. The highest BCUT2D eigenvalue weighted by molar-refractivity contribution is 6.27. The molecule has 4 aromatic heterocycles. The Bertz CT molecular complexity index is 3180. The van der Waals surface area contributed by atoms with Crippen molar-refractivity contribution < 1.29 is 13.9 Å². The first-order valence-corrected chi connectivity index (χ1v) is 16.1. The van der Waals surface area contributed by atoms with Gasteiger partial charge in [-0.05, 0) is 76.1 Å². The van der Waals surface area contributed by atoms with Gasteiger partial charge in [0.1, 0.15) is 17.1 Å². The van der Waals surface area contributed by atoms with Gasteiger partial charge in [0.2, 0.25) is 11.2 Å². The lowest BCUT2D eigenvalue weighted by atomic mass is 9.85. The predicted molar refractivity (Wildman–Crippen MR) is 184 cm³/mol. The van der Waals surface area contributed by atoms with Crippen molar-refractivity contribution in [2.24, 2.45) is 0 Å². The number of ether oxygens (including phenoxy) is 1. The first kappa shape index (κ1) is 23.1. The topological polar surface area (TPSA) is 34.3 Å². The third-order valence-corrected chi connectivity index (χ3v) is 11.2. The third kappa shape index (κ3) is 2.32. The smallest absolute Gasteiger partial charge is 0.425 e. The van der Waals surface area contributed by atoms with Crippen LogP contribution in [0.3, 0.4) is 0 Å². The molecule has 13 rings (SSSR count). The minimum Gasteiger partial charge on any atom is -0.456 e. The Morgan fingerprint density at radius 3 is 2.30 bits per heavy atom. The minimum absolute atomic E-state index is 0.571. The molecular formula is C42H22N4O+2. The van der Waals surface area contributed by atoms with Gasteiger partial charge in [-0.25, -0.2) is 4.98 Å². The summed E-state index contributed by atoms with van der Waals surface area (Å²) in [6.45, 7) is 0. The number of hydrogen-bond acceptors (Lipinski definition) is 2. The molecule has 0 saturated carbocycles. The molecule has 10 aromatic rings. The molecule has 3 aliphatic heterocycles. The molecule has 0 radical (unpaired) electrons. The number of nitrogens with zero attached hydrogens (tertiary/aromatic N) is 4. The Balaban J connectivity index is 1.27. The van der Waals surface area contributed by atoms with Crippen molar-refractivity contribution in [2.45, 2.75) is 5.66 Å². The average molecular weight is 599 g/mol. The summed E-state index contributed by atoms with van der Waals surface area (Å²) in [5.41, 5.74) is 9.81. The van der Waals surface area contributed by atoms with E-state index in [9.17, 15) is 0 Å². The van der Waals surface area contributed by atoms with Crippen LogP contribution in [0.15, 0.2) is 134 Å². The molecular weight excluding hydrogens is 576 g/mol. The van der Waals surface area contributed by atoms with Gasteiger partial charge in [-0.1, -0.05) is 48.5 Å². The van der Waals surface area contributed by atoms with Crippen molar-refractivity contribution in [3.05, 3.63) is 145 Å². The summed E-state index contributed by atoms with van der Waals surface area (Å²) in [7, 11) is 0. The molecule has 0 amide bonds. The molecule has 1 atom stereocenters. The summed E-state index contributed by atoms with van der Waals surface area (Å²) in [5, 5.41) is 9.79. The van der Waals surface area contributed by atoms with Gasteiger partial charge in [-0.2, -0.15) is 0 Å². The zero-order valence-electron chi connectivity index (χ0n) is 24.9. The van der Waals surface area contributed by atoms with Crippen molar-refractivity contribution in [2.75, 3.05) is 0 Å². The average Bonchev–Trinajstić information content (AvgIpc) is 3.77. The molecule has 47 heavy (non-hydrogen) atoms. The van der Waals surface area contributed by atoms with E-state index in [0.717, 1.165) is 28.2 Å². The van der Waals surface area contributed by atoms with Crippen LogP contribution in [0.25, 0.3) is 82.1 Å². The number of rotatable bonds is 0. The van der Waals surface area contributed by atoms with E-state index in [-0.39, 0.29) is 0 Å². The van der Waals surface area contributed by atoms with Crippen LogP contribution in [0.4, 0.5) is 0 Å². The van der Waals surface area contributed by atoms with Gasteiger partial charge in [0.05, 0.1) is 32.9 Å². The zero-order valence-corrected chi connectivity index (χ0v) is 24.9. The number of aromatic nitrogens is 4. The Morgan fingerprint density at radius 1 is 0.553 bits per heavy atom. The quantitative estimate of drug-likeness (QED) is 0.130. The SMILES string of the molecule is c1cc2c3c(c1)-c1cccc[n+]1C31c3c(ccc4c5cc6nc7c8ccccc8c8ccccc8n7c6cc5c5ccc[n+]1c5c34)O2. The highest BCUT2D eigenvalue weighted by Crippen LogP contribution is 2.57. The van der Waals surface area contributed by atoms with E-state index in [4.69, 9.17) is 9.72 Å². The number of pyridine rings is 3. The number of benzene rings is 6. The van der Waals surface area contributed by atoms with Gasteiger partial charge in [0.15, 0.2) is 23.5 Å². The molecule has 1 unspecified atom stereocenters. The van der Waals surface area contributed by atoms with Crippen LogP contribution in [0.2, 0.25) is 0 Å². The summed E-state index contributed by atoms with van der Waals surface area (Å²) in [6, 6.07) is 44.0. The highest BCUT2D eigenvalue weighted by atomic mass is 16.5. The summed E-state index contributed by atoms with van der Waals surface area (Å²) in [5.74, 6) is 1.84. The summed E-state index contributed by atoms with van der Waals surface area (Å²) >= 11 is 0. The van der Waals surface area contributed by atoms with Crippen molar-refractivity contribution in [3.63, 3.8) is 0 Å². The lowest BCUT2D eigenvalue weighted by Crippen LogP contribution is -2.71. The standard InChI is InChI=1S/C42H22N4O/c1-2-11-27-23(9-1)24-10-3-4-15-33(24)46-34-22-30-26-13-8-20-45-40(26)37-25(29(30)21-31(34)43-41(27)46)17-18-36-39(37)42(45)38-28(12-7-16-35(38)47-36)32-14-5-6-19-44(32)42/h1-22H/q+2. The van der Waals surface area contributed by atoms with E-state index in [2.05, 4.69) is 147 Å². The Hall–Kier alpha value is -6.33. The van der Waals surface area contributed by atoms with Crippen molar-refractivity contribution in [1.29, 1.82) is 0 Å². The number of fused-ring (bicyclic) bond motifs is 13.